The van der Waals surface area contributed by atoms with Gasteiger partial charge in [0, 0.05) is 6.21 Å². The molecular formula is C25H20FN3O2S. The summed E-state index contributed by atoms with van der Waals surface area (Å²) in [5.74, 6) is -0.709. The van der Waals surface area contributed by atoms with Crippen LogP contribution in [-0.2, 0) is 0 Å². The lowest BCUT2D eigenvalue weighted by Crippen LogP contribution is -2.27. The summed E-state index contributed by atoms with van der Waals surface area (Å²) < 4.78 is 16.1. The van der Waals surface area contributed by atoms with E-state index in [0.717, 1.165) is 11.1 Å². The van der Waals surface area contributed by atoms with Crippen molar-refractivity contribution < 1.29 is 9.50 Å². The molecule has 0 saturated heterocycles. The minimum atomic E-state index is -0.509. The molecule has 0 spiro atoms. The van der Waals surface area contributed by atoms with Crippen LogP contribution < -0.4 is 5.56 Å². The van der Waals surface area contributed by atoms with Gasteiger partial charge in [0.1, 0.15) is 11.4 Å². The van der Waals surface area contributed by atoms with Crippen LogP contribution in [0.3, 0.4) is 0 Å². The summed E-state index contributed by atoms with van der Waals surface area (Å²) in [5, 5.41) is 11.0. The lowest BCUT2D eigenvalue weighted by Gasteiger charge is -2.16. The van der Waals surface area contributed by atoms with Crippen molar-refractivity contribution >= 4 is 24.1 Å². The highest BCUT2D eigenvalue weighted by molar-refractivity contribution is 7.71. The van der Waals surface area contributed by atoms with E-state index < -0.39 is 5.56 Å². The van der Waals surface area contributed by atoms with E-state index in [9.17, 15) is 14.3 Å². The summed E-state index contributed by atoms with van der Waals surface area (Å²) in [5.41, 5.74) is 3.16. The SMILES string of the molecule is Cc1ccc(-n2c(O)c(C=Nc3ccc(F)cc3)c(=O)n(-c3ccc(C)cc3)c2=S)cc1. The summed E-state index contributed by atoms with van der Waals surface area (Å²) in [6.45, 7) is 3.90. The van der Waals surface area contributed by atoms with Crippen molar-refractivity contribution in [3.8, 4) is 17.3 Å². The standard InChI is InChI=1S/C25H20FN3O2S/c1-16-3-11-20(12-4-16)28-23(30)22(15-27-19-9-7-18(26)8-10-19)24(31)29(25(28)32)21-13-5-17(2)6-14-21/h3-15,30H,1-2H3. The van der Waals surface area contributed by atoms with Gasteiger partial charge in [0.15, 0.2) is 4.77 Å². The van der Waals surface area contributed by atoms with E-state index in [0.29, 0.717) is 17.1 Å². The third kappa shape index (κ3) is 4.15. The maximum absolute atomic E-state index is 13.4. The van der Waals surface area contributed by atoms with Crippen LogP contribution in [0.4, 0.5) is 10.1 Å². The Morgan fingerprint density at radius 2 is 1.34 bits per heavy atom. The second-order valence-corrected chi connectivity index (χ2v) is 7.77. The van der Waals surface area contributed by atoms with Crippen LogP contribution in [0.2, 0.25) is 0 Å². The van der Waals surface area contributed by atoms with Crippen molar-refractivity contribution in [1.82, 2.24) is 9.13 Å². The fraction of sp³-hybridized carbons (Fsp3) is 0.0800. The highest BCUT2D eigenvalue weighted by atomic mass is 32.1. The van der Waals surface area contributed by atoms with Crippen LogP contribution in [0.1, 0.15) is 16.7 Å². The molecule has 0 aliphatic heterocycles. The Hall–Kier alpha value is -3.84. The van der Waals surface area contributed by atoms with Crippen LogP contribution in [0.25, 0.3) is 11.4 Å². The first-order valence-electron chi connectivity index (χ1n) is 9.90. The average molecular weight is 446 g/mol. The molecule has 4 rings (SSSR count). The molecule has 0 amide bonds. The molecule has 0 atom stereocenters. The number of aryl methyl sites for hydroxylation is 2. The van der Waals surface area contributed by atoms with Gasteiger partial charge in [-0.05, 0) is 74.6 Å². The number of aromatic nitrogens is 2. The van der Waals surface area contributed by atoms with Crippen molar-refractivity contribution in [3.63, 3.8) is 0 Å². The quantitative estimate of drug-likeness (QED) is 0.330. The number of nitrogens with zero attached hydrogens (tertiary/aromatic N) is 3. The van der Waals surface area contributed by atoms with E-state index in [-0.39, 0.29) is 22.0 Å². The molecule has 1 heterocycles. The zero-order valence-electron chi connectivity index (χ0n) is 17.5. The molecule has 0 fully saturated rings. The highest BCUT2D eigenvalue weighted by Crippen LogP contribution is 2.23. The Kier molecular flexibility index (Phi) is 5.83. The average Bonchev–Trinajstić information content (AvgIpc) is 2.77. The number of halogens is 1. The third-order valence-corrected chi connectivity index (χ3v) is 5.39. The van der Waals surface area contributed by atoms with Gasteiger partial charge in [-0.1, -0.05) is 35.4 Å². The molecule has 0 radical (unpaired) electrons. The normalized spacial score (nSPS) is 11.2. The van der Waals surface area contributed by atoms with Gasteiger partial charge in [-0.3, -0.25) is 18.9 Å². The fourth-order valence-corrected chi connectivity index (χ4v) is 3.62. The minimum Gasteiger partial charge on any atom is -0.494 e. The summed E-state index contributed by atoms with van der Waals surface area (Å²) in [4.78, 5) is 17.6. The Balaban J connectivity index is 1.99. The summed E-state index contributed by atoms with van der Waals surface area (Å²) in [7, 11) is 0. The van der Waals surface area contributed by atoms with Gasteiger partial charge in [-0.2, -0.15) is 0 Å². The first-order chi connectivity index (χ1) is 15.3. The number of hydrogen-bond acceptors (Lipinski definition) is 4. The van der Waals surface area contributed by atoms with Crippen LogP contribution in [0.5, 0.6) is 5.88 Å². The van der Waals surface area contributed by atoms with Crippen molar-refractivity contribution in [2.45, 2.75) is 13.8 Å². The van der Waals surface area contributed by atoms with E-state index in [1.807, 2.05) is 50.2 Å². The molecule has 4 aromatic rings. The second kappa shape index (κ2) is 8.72. The van der Waals surface area contributed by atoms with E-state index in [2.05, 4.69) is 4.99 Å². The molecule has 0 saturated carbocycles. The van der Waals surface area contributed by atoms with Crippen LogP contribution in [0, 0.1) is 24.4 Å². The second-order valence-electron chi connectivity index (χ2n) is 7.40. The first kappa shape index (κ1) is 21.4. The maximum atomic E-state index is 13.4. The van der Waals surface area contributed by atoms with E-state index >= 15 is 0 Å². The Labute approximate surface area is 189 Å². The molecule has 0 aliphatic rings. The van der Waals surface area contributed by atoms with Gasteiger partial charge in [0.25, 0.3) is 5.56 Å². The van der Waals surface area contributed by atoms with E-state index in [1.165, 1.54) is 39.6 Å². The number of aliphatic imine (C=N–C) groups is 1. The van der Waals surface area contributed by atoms with Crippen molar-refractivity contribution in [1.29, 1.82) is 0 Å². The molecule has 0 aliphatic carbocycles. The Bertz CT molecular complexity index is 1420. The maximum Gasteiger partial charge on any atom is 0.271 e. The molecule has 0 bridgehead atoms. The number of hydrogen-bond donors (Lipinski definition) is 1. The first-order valence-corrected chi connectivity index (χ1v) is 10.3. The minimum absolute atomic E-state index is 0.0379. The van der Waals surface area contributed by atoms with Crippen LogP contribution in [0.15, 0.2) is 82.6 Å². The number of rotatable bonds is 4. The summed E-state index contributed by atoms with van der Waals surface area (Å²) >= 11 is 5.63. The molecule has 3 aromatic carbocycles. The van der Waals surface area contributed by atoms with E-state index in [1.54, 1.807) is 12.1 Å². The molecular weight excluding hydrogens is 425 g/mol. The number of aromatic hydroxyl groups is 1. The zero-order chi connectivity index (χ0) is 22.8. The number of benzene rings is 3. The molecule has 1 aromatic heterocycles. The fourth-order valence-electron chi connectivity index (χ4n) is 3.24. The summed E-state index contributed by atoms with van der Waals surface area (Å²) in [6, 6.07) is 20.3. The van der Waals surface area contributed by atoms with Gasteiger partial charge < -0.3 is 5.11 Å². The van der Waals surface area contributed by atoms with Gasteiger partial charge >= 0.3 is 0 Å². The predicted octanol–water partition coefficient (Wildman–Crippen LogP) is 5.57. The lowest BCUT2D eigenvalue weighted by molar-refractivity contribution is 0.430. The topological polar surface area (TPSA) is 59.5 Å². The monoisotopic (exact) mass is 445 g/mol. The Morgan fingerprint density at radius 1 is 0.844 bits per heavy atom. The van der Waals surface area contributed by atoms with Crippen LogP contribution >= 0.6 is 12.2 Å². The van der Waals surface area contributed by atoms with Gasteiger partial charge in [0.05, 0.1) is 17.1 Å². The van der Waals surface area contributed by atoms with Crippen molar-refractivity contribution in [3.05, 3.63) is 110 Å². The largest absolute Gasteiger partial charge is 0.494 e. The van der Waals surface area contributed by atoms with E-state index in [4.69, 9.17) is 12.2 Å². The molecule has 5 nitrogen and oxygen atoms in total. The van der Waals surface area contributed by atoms with Gasteiger partial charge in [-0.15, -0.1) is 0 Å². The molecule has 160 valence electrons. The summed E-state index contributed by atoms with van der Waals surface area (Å²) in [6.07, 6.45) is 1.27. The van der Waals surface area contributed by atoms with Crippen molar-refractivity contribution in [2.75, 3.05) is 0 Å². The van der Waals surface area contributed by atoms with Crippen molar-refractivity contribution in [2.24, 2.45) is 4.99 Å². The van der Waals surface area contributed by atoms with Gasteiger partial charge in [-0.25, -0.2) is 4.39 Å². The molecule has 32 heavy (non-hydrogen) atoms. The molecule has 0 unspecified atom stereocenters. The van der Waals surface area contributed by atoms with Crippen LogP contribution in [-0.4, -0.2) is 20.5 Å². The molecule has 1 N–H and O–H groups in total. The predicted molar refractivity (Wildman–Crippen MR) is 127 cm³/mol. The van der Waals surface area contributed by atoms with Gasteiger partial charge in [0.2, 0.25) is 5.88 Å². The third-order valence-electron chi connectivity index (χ3n) is 5.02. The Morgan fingerprint density at radius 3 is 1.88 bits per heavy atom. The lowest BCUT2D eigenvalue weighted by atomic mass is 10.2. The smallest absolute Gasteiger partial charge is 0.271 e. The highest BCUT2D eigenvalue weighted by Gasteiger charge is 2.18. The molecule has 7 heteroatoms. The zero-order valence-corrected chi connectivity index (χ0v) is 18.3.